The van der Waals surface area contributed by atoms with Gasteiger partial charge in [0, 0.05) is 29.3 Å². The molecule has 0 saturated heterocycles. The van der Waals surface area contributed by atoms with Gasteiger partial charge in [0.2, 0.25) is 0 Å². The molecule has 0 radical (unpaired) electrons. The van der Waals surface area contributed by atoms with Crippen LogP contribution in [0.5, 0.6) is 0 Å². The van der Waals surface area contributed by atoms with Gasteiger partial charge in [-0.3, -0.25) is 0 Å². The SMILES string of the molecule is COCCNC(=S)N[C@@H]1CCSc2ccc(Cl)cc21. The Morgan fingerprint density at radius 2 is 2.42 bits per heavy atom. The molecule has 1 aliphatic rings. The van der Waals surface area contributed by atoms with E-state index in [0.717, 1.165) is 17.2 Å². The van der Waals surface area contributed by atoms with Gasteiger partial charge in [-0.1, -0.05) is 11.6 Å². The number of rotatable bonds is 4. The zero-order valence-corrected chi connectivity index (χ0v) is 13.1. The number of ether oxygens (including phenoxy) is 1. The Balaban J connectivity index is 1.99. The minimum absolute atomic E-state index is 0.234. The van der Waals surface area contributed by atoms with Crippen LogP contribution < -0.4 is 10.6 Å². The predicted molar refractivity (Wildman–Crippen MR) is 85.1 cm³/mol. The van der Waals surface area contributed by atoms with Crippen LogP contribution in [0.3, 0.4) is 0 Å². The highest BCUT2D eigenvalue weighted by atomic mass is 35.5. The largest absolute Gasteiger partial charge is 0.383 e. The van der Waals surface area contributed by atoms with Gasteiger partial charge in [0.25, 0.3) is 0 Å². The Morgan fingerprint density at radius 3 is 3.21 bits per heavy atom. The molecule has 1 aromatic carbocycles. The summed E-state index contributed by atoms with van der Waals surface area (Å²) in [6.07, 6.45) is 1.05. The average molecular weight is 317 g/mol. The lowest BCUT2D eigenvalue weighted by Crippen LogP contribution is -2.40. The molecule has 0 fully saturated rings. The summed E-state index contributed by atoms with van der Waals surface area (Å²) in [6.45, 7) is 1.36. The summed E-state index contributed by atoms with van der Waals surface area (Å²) in [4.78, 5) is 1.29. The van der Waals surface area contributed by atoms with E-state index in [2.05, 4.69) is 16.7 Å². The van der Waals surface area contributed by atoms with Crippen LogP contribution in [-0.2, 0) is 4.74 Å². The first kappa shape index (κ1) is 14.9. The minimum Gasteiger partial charge on any atom is -0.383 e. The molecule has 1 heterocycles. The van der Waals surface area contributed by atoms with Crippen LogP contribution in [0.4, 0.5) is 0 Å². The molecule has 1 aromatic rings. The molecule has 0 saturated carbocycles. The maximum atomic E-state index is 6.08. The van der Waals surface area contributed by atoms with E-state index in [0.29, 0.717) is 18.3 Å². The van der Waals surface area contributed by atoms with Crippen molar-refractivity contribution in [2.45, 2.75) is 17.4 Å². The van der Waals surface area contributed by atoms with E-state index >= 15 is 0 Å². The zero-order chi connectivity index (χ0) is 13.7. The number of hydrogen-bond acceptors (Lipinski definition) is 3. The predicted octanol–water partition coefficient (Wildman–Crippen LogP) is 2.99. The van der Waals surface area contributed by atoms with Crippen LogP contribution in [0.2, 0.25) is 5.02 Å². The number of methoxy groups -OCH3 is 1. The maximum absolute atomic E-state index is 6.08. The van der Waals surface area contributed by atoms with Gasteiger partial charge in [-0.05, 0) is 42.4 Å². The Bertz CT molecular complexity index is 456. The van der Waals surface area contributed by atoms with Crippen LogP contribution >= 0.6 is 35.6 Å². The monoisotopic (exact) mass is 316 g/mol. The van der Waals surface area contributed by atoms with E-state index in [1.807, 2.05) is 23.9 Å². The van der Waals surface area contributed by atoms with Crippen molar-refractivity contribution < 1.29 is 4.74 Å². The Hall–Kier alpha value is -0.490. The third-order valence-electron chi connectivity index (χ3n) is 2.91. The van der Waals surface area contributed by atoms with E-state index in [1.165, 1.54) is 10.5 Å². The molecule has 1 aliphatic heterocycles. The van der Waals surface area contributed by atoms with Crippen molar-refractivity contribution in [2.24, 2.45) is 0 Å². The first-order valence-corrected chi connectivity index (χ1v) is 7.93. The van der Waals surface area contributed by atoms with Crippen molar-refractivity contribution >= 4 is 40.7 Å². The van der Waals surface area contributed by atoms with E-state index in [1.54, 1.807) is 7.11 Å². The molecule has 6 heteroatoms. The van der Waals surface area contributed by atoms with Crippen LogP contribution in [0.15, 0.2) is 23.1 Å². The summed E-state index contributed by atoms with van der Waals surface area (Å²) in [5.74, 6) is 1.09. The molecule has 2 N–H and O–H groups in total. The molecule has 0 aromatic heterocycles. The second kappa shape index (κ2) is 7.33. The Morgan fingerprint density at radius 1 is 1.58 bits per heavy atom. The van der Waals surface area contributed by atoms with Crippen molar-refractivity contribution in [1.29, 1.82) is 0 Å². The molecular formula is C13H17ClN2OS2. The molecule has 0 spiro atoms. The lowest BCUT2D eigenvalue weighted by atomic mass is 10.0. The van der Waals surface area contributed by atoms with Crippen LogP contribution in [0.1, 0.15) is 18.0 Å². The van der Waals surface area contributed by atoms with Crippen molar-refractivity contribution in [3.05, 3.63) is 28.8 Å². The van der Waals surface area contributed by atoms with Gasteiger partial charge in [0.05, 0.1) is 12.6 Å². The first-order chi connectivity index (χ1) is 9.20. The van der Waals surface area contributed by atoms with Crippen LogP contribution in [0.25, 0.3) is 0 Å². The summed E-state index contributed by atoms with van der Waals surface area (Å²) < 4.78 is 4.98. The van der Waals surface area contributed by atoms with Gasteiger partial charge in [0.15, 0.2) is 5.11 Å². The minimum atomic E-state index is 0.234. The second-order valence-electron chi connectivity index (χ2n) is 4.26. The molecule has 0 amide bonds. The lowest BCUT2D eigenvalue weighted by molar-refractivity contribution is 0.204. The summed E-state index contributed by atoms with van der Waals surface area (Å²) >= 11 is 13.2. The van der Waals surface area contributed by atoms with Gasteiger partial charge in [-0.25, -0.2) is 0 Å². The number of benzene rings is 1. The molecule has 1 atom stereocenters. The van der Waals surface area contributed by atoms with Crippen molar-refractivity contribution in [1.82, 2.24) is 10.6 Å². The number of hydrogen-bond donors (Lipinski definition) is 2. The Kier molecular flexibility index (Phi) is 5.76. The highest BCUT2D eigenvalue weighted by Crippen LogP contribution is 2.37. The summed E-state index contributed by atoms with van der Waals surface area (Å²) in [5.41, 5.74) is 1.24. The molecule has 104 valence electrons. The normalized spacial score (nSPS) is 17.7. The molecule has 0 unspecified atom stereocenters. The smallest absolute Gasteiger partial charge is 0.166 e. The standard InChI is InChI=1S/C13H17ClN2OS2/c1-17-6-5-15-13(18)16-11-4-7-19-12-3-2-9(14)8-10(11)12/h2-3,8,11H,4-7H2,1H3,(H2,15,16,18)/t11-/m1/s1. The summed E-state index contributed by atoms with van der Waals surface area (Å²) in [7, 11) is 1.68. The second-order valence-corrected chi connectivity index (χ2v) is 6.25. The topological polar surface area (TPSA) is 33.3 Å². The van der Waals surface area contributed by atoms with Gasteiger partial charge in [-0.15, -0.1) is 11.8 Å². The van der Waals surface area contributed by atoms with Crippen molar-refractivity contribution in [2.75, 3.05) is 26.0 Å². The first-order valence-electron chi connectivity index (χ1n) is 6.16. The van der Waals surface area contributed by atoms with Crippen molar-refractivity contribution in [3.63, 3.8) is 0 Å². The van der Waals surface area contributed by atoms with Crippen LogP contribution in [-0.4, -0.2) is 31.1 Å². The molecule has 3 nitrogen and oxygen atoms in total. The average Bonchev–Trinajstić information content (AvgIpc) is 2.40. The number of halogens is 1. The number of nitrogens with one attached hydrogen (secondary N) is 2. The maximum Gasteiger partial charge on any atom is 0.166 e. The van der Waals surface area contributed by atoms with E-state index in [-0.39, 0.29) is 6.04 Å². The van der Waals surface area contributed by atoms with Gasteiger partial charge < -0.3 is 15.4 Å². The Labute approximate surface area is 128 Å². The number of fused-ring (bicyclic) bond motifs is 1. The highest BCUT2D eigenvalue weighted by Gasteiger charge is 2.21. The number of thiocarbonyl (C=S) groups is 1. The van der Waals surface area contributed by atoms with Crippen LogP contribution in [0, 0.1) is 0 Å². The fraction of sp³-hybridized carbons (Fsp3) is 0.462. The highest BCUT2D eigenvalue weighted by molar-refractivity contribution is 7.99. The molecule has 2 rings (SSSR count). The fourth-order valence-electron chi connectivity index (χ4n) is 1.99. The molecular weight excluding hydrogens is 300 g/mol. The van der Waals surface area contributed by atoms with Gasteiger partial charge >= 0.3 is 0 Å². The van der Waals surface area contributed by atoms with E-state index < -0.39 is 0 Å². The zero-order valence-electron chi connectivity index (χ0n) is 10.7. The van der Waals surface area contributed by atoms with E-state index in [4.69, 9.17) is 28.6 Å². The fourth-order valence-corrected chi connectivity index (χ4v) is 3.52. The molecule has 0 bridgehead atoms. The van der Waals surface area contributed by atoms with Gasteiger partial charge in [0.1, 0.15) is 0 Å². The van der Waals surface area contributed by atoms with Crippen molar-refractivity contribution in [3.8, 4) is 0 Å². The third kappa shape index (κ3) is 4.24. The molecule has 0 aliphatic carbocycles. The van der Waals surface area contributed by atoms with E-state index in [9.17, 15) is 0 Å². The lowest BCUT2D eigenvalue weighted by Gasteiger charge is -2.27. The molecule has 19 heavy (non-hydrogen) atoms. The quantitative estimate of drug-likeness (QED) is 0.659. The summed E-state index contributed by atoms with van der Waals surface area (Å²) in [5, 5.41) is 7.92. The number of thioether (sulfide) groups is 1. The summed E-state index contributed by atoms with van der Waals surface area (Å²) in [6, 6.07) is 6.28. The third-order valence-corrected chi connectivity index (χ3v) is 4.53. The van der Waals surface area contributed by atoms with Gasteiger partial charge in [-0.2, -0.15) is 0 Å².